The zero-order chi connectivity index (χ0) is 17.2. The Balaban J connectivity index is 1.78. The van der Waals surface area contributed by atoms with E-state index in [1.165, 1.54) is 0 Å². The maximum atomic E-state index is 12.8. The Morgan fingerprint density at radius 3 is 2.71 bits per heavy atom. The molecule has 126 valence electrons. The molecule has 2 aliphatic rings. The van der Waals surface area contributed by atoms with Crippen molar-refractivity contribution in [3.63, 3.8) is 0 Å². The minimum absolute atomic E-state index is 0.0379. The molecule has 7 heteroatoms. The van der Waals surface area contributed by atoms with Crippen LogP contribution in [0, 0.1) is 0 Å². The Bertz CT molecular complexity index is 826. The van der Waals surface area contributed by atoms with E-state index in [-0.39, 0.29) is 11.7 Å². The van der Waals surface area contributed by atoms with E-state index in [0.717, 1.165) is 5.56 Å². The van der Waals surface area contributed by atoms with Crippen molar-refractivity contribution in [2.24, 2.45) is 4.40 Å². The third-order valence-corrected chi connectivity index (χ3v) is 5.12. The molecule has 0 aliphatic carbocycles. The van der Waals surface area contributed by atoms with Gasteiger partial charge in [0.1, 0.15) is 5.84 Å². The van der Waals surface area contributed by atoms with Crippen LogP contribution in [-0.2, 0) is 21.4 Å². The van der Waals surface area contributed by atoms with Gasteiger partial charge in [-0.1, -0.05) is 30.3 Å². The fourth-order valence-corrected chi connectivity index (χ4v) is 3.61. The molecule has 0 N–H and O–H groups in total. The van der Waals surface area contributed by atoms with E-state index in [2.05, 4.69) is 4.40 Å². The van der Waals surface area contributed by atoms with Gasteiger partial charge in [0.2, 0.25) is 0 Å². The van der Waals surface area contributed by atoms with Gasteiger partial charge in [-0.25, -0.2) is 8.42 Å². The second-order valence-corrected chi connectivity index (χ2v) is 7.41. The van der Waals surface area contributed by atoms with Crippen LogP contribution in [0.15, 0.2) is 58.7 Å². The van der Waals surface area contributed by atoms with E-state index in [0.29, 0.717) is 31.0 Å². The average molecular weight is 345 g/mol. The van der Waals surface area contributed by atoms with Crippen molar-refractivity contribution in [3.05, 3.63) is 59.8 Å². The van der Waals surface area contributed by atoms with Crippen molar-refractivity contribution in [3.8, 4) is 0 Å². The number of likely N-dealkylation sites (N-methyl/N-ethyl adjacent to an activating group) is 1. The average Bonchev–Trinajstić information content (AvgIpc) is 2.59. The lowest BCUT2D eigenvalue weighted by molar-refractivity contribution is -0.127. The summed E-state index contributed by atoms with van der Waals surface area (Å²) < 4.78 is 26.8. The molecule has 0 aromatic heterocycles. The summed E-state index contributed by atoms with van der Waals surface area (Å²) in [7, 11) is -3.38. The summed E-state index contributed by atoms with van der Waals surface area (Å²) >= 11 is 0. The predicted octanol–water partition coefficient (Wildman–Crippen LogP) is 1.53. The topological polar surface area (TPSA) is 70.1 Å². The number of amides is 1. The second-order valence-electron chi connectivity index (χ2n) is 5.65. The van der Waals surface area contributed by atoms with Crippen LogP contribution in [0.3, 0.4) is 0 Å². The summed E-state index contributed by atoms with van der Waals surface area (Å²) in [6.45, 7) is 3.38. The van der Waals surface area contributed by atoms with E-state index < -0.39 is 10.0 Å². The molecule has 1 amide bonds. The van der Waals surface area contributed by atoms with Gasteiger partial charge in [-0.3, -0.25) is 4.79 Å². The molecule has 1 aromatic carbocycles. The predicted molar refractivity (Wildman–Crippen MR) is 92.7 cm³/mol. The summed E-state index contributed by atoms with van der Waals surface area (Å²) in [4.78, 5) is 16.2. The van der Waals surface area contributed by atoms with Crippen LogP contribution in [0.2, 0.25) is 0 Å². The number of hydrogen-bond donors (Lipinski definition) is 0. The van der Waals surface area contributed by atoms with Crippen LogP contribution in [0.5, 0.6) is 0 Å². The molecule has 6 nitrogen and oxygen atoms in total. The van der Waals surface area contributed by atoms with Gasteiger partial charge in [0, 0.05) is 25.8 Å². The number of hydrogen-bond acceptors (Lipinski definition) is 4. The highest BCUT2D eigenvalue weighted by molar-refractivity contribution is 7.90. The van der Waals surface area contributed by atoms with E-state index in [1.807, 2.05) is 37.3 Å². The van der Waals surface area contributed by atoms with Gasteiger partial charge in [-0.05, 0) is 24.6 Å². The maximum absolute atomic E-state index is 12.8. The van der Waals surface area contributed by atoms with Crippen molar-refractivity contribution in [2.45, 2.75) is 13.5 Å². The normalized spacial score (nSPS) is 18.5. The highest BCUT2D eigenvalue weighted by Crippen LogP contribution is 2.18. The molecule has 0 saturated carbocycles. The van der Waals surface area contributed by atoms with Gasteiger partial charge in [-0.15, -0.1) is 4.40 Å². The minimum Gasteiger partial charge on any atom is -0.335 e. The van der Waals surface area contributed by atoms with Crippen LogP contribution in [0.25, 0.3) is 0 Å². The van der Waals surface area contributed by atoms with Crippen molar-refractivity contribution in [1.29, 1.82) is 0 Å². The first-order valence-electron chi connectivity index (χ1n) is 7.81. The highest BCUT2D eigenvalue weighted by Gasteiger charge is 2.26. The van der Waals surface area contributed by atoms with Crippen molar-refractivity contribution < 1.29 is 13.2 Å². The zero-order valence-corrected chi connectivity index (χ0v) is 14.2. The molecule has 0 spiro atoms. The summed E-state index contributed by atoms with van der Waals surface area (Å²) in [6, 6.07) is 9.82. The van der Waals surface area contributed by atoms with Gasteiger partial charge in [0.25, 0.3) is 15.9 Å². The number of fused-ring (bicyclic) bond motifs is 1. The molecule has 0 radical (unpaired) electrons. The standard InChI is InChI=1S/C17H19N3O3S/c1-2-19(12-14-6-4-3-5-7-14)17(21)15-8-9-16-18-24(22,23)11-10-20(16)13-15/h3-9,13H,2,10-12H2,1H3. The summed E-state index contributed by atoms with van der Waals surface area (Å²) in [5.74, 6) is 0.248. The summed E-state index contributed by atoms with van der Waals surface area (Å²) in [5, 5.41) is 0. The summed E-state index contributed by atoms with van der Waals surface area (Å²) in [5.41, 5.74) is 1.60. The minimum atomic E-state index is -3.38. The Morgan fingerprint density at radius 1 is 1.25 bits per heavy atom. The molecule has 2 heterocycles. The number of nitrogens with zero attached hydrogens (tertiary/aromatic N) is 3. The molecule has 1 aromatic rings. The third-order valence-electron chi connectivity index (χ3n) is 3.96. The van der Waals surface area contributed by atoms with Gasteiger partial charge in [-0.2, -0.15) is 0 Å². The SMILES string of the molecule is CCN(Cc1ccccc1)C(=O)C1=CN2CCS(=O)(=O)N=C2C=C1. The monoisotopic (exact) mass is 345 g/mol. The molecule has 0 saturated heterocycles. The van der Waals surface area contributed by atoms with Crippen LogP contribution in [-0.4, -0.2) is 48.8 Å². The van der Waals surface area contributed by atoms with E-state index >= 15 is 0 Å². The van der Waals surface area contributed by atoms with E-state index in [9.17, 15) is 13.2 Å². The fourth-order valence-electron chi connectivity index (χ4n) is 2.64. The van der Waals surface area contributed by atoms with Gasteiger partial charge >= 0.3 is 0 Å². The molecule has 0 unspecified atom stereocenters. The lowest BCUT2D eigenvalue weighted by atomic mass is 10.1. The Morgan fingerprint density at radius 2 is 2.00 bits per heavy atom. The molecular formula is C17H19N3O3S. The van der Waals surface area contributed by atoms with Crippen LogP contribution in [0.4, 0.5) is 0 Å². The highest BCUT2D eigenvalue weighted by atomic mass is 32.2. The first-order valence-corrected chi connectivity index (χ1v) is 9.42. The second kappa shape index (κ2) is 6.60. The van der Waals surface area contributed by atoms with Crippen molar-refractivity contribution >= 4 is 21.8 Å². The van der Waals surface area contributed by atoms with Gasteiger partial charge < -0.3 is 9.80 Å². The fraction of sp³-hybridized carbons (Fsp3) is 0.294. The number of benzene rings is 1. The number of rotatable bonds is 4. The number of sulfonamides is 1. The largest absolute Gasteiger partial charge is 0.335 e. The molecule has 3 rings (SSSR count). The van der Waals surface area contributed by atoms with Gasteiger partial charge in [0.05, 0.1) is 11.3 Å². The molecule has 2 aliphatic heterocycles. The Hall–Kier alpha value is -2.41. The quantitative estimate of drug-likeness (QED) is 0.830. The first-order chi connectivity index (χ1) is 11.5. The smallest absolute Gasteiger partial charge is 0.256 e. The third kappa shape index (κ3) is 3.56. The molecular weight excluding hydrogens is 326 g/mol. The van der Waals surface area contributed by atoms with Gasteiger partial charge in [0.15, 0.2) is 0 Å². The number of carbonyl (C=O) groups is 1. The Labute approximate surface area is 141 Å². The van der Waals surface area contributed by atoms with Crippen molar-refractivity contribution in [2.75, 3.05) is 18.8 Å². The van der Waals surface area contributed by atoms with Crippen molar-refractivity contribution in [1.82, 2.24) is 9.80 Å². The van der Waals surface area contributed by atoms with E-state index in [1.54, 1.807) is 28.2 Å². The lowest BCUT2D eigenvalue weighted by Crippen LogP contribution is -2.38. The number of amidine groups is 1. The first kappa shape index (κ1) is 16.4. The Kier molecular flexibility index (Phi) is 4.53. The lowest BCUT2D eigenvalue weighted by Gasteiger charge is -2.29. The molecule has 0 bridgehead atoms. The maximum Gasteiger partial charge on any atom is 0.256 e. The van der Waals surface area contributed by atoms with Crippen LogP contribution in [0.1, 0.15) is 12.5 Å². The zero-order valence-electron chi connectivity index (χ0n) is 13.4. The molecule has 0 fully saturated rings. The van der Waals surface area contributed by atoms with Crippen LogP contribution >= 0.6 is 0 Å². The van der Waals surface area contributed by atoms with Crippen LogP contribution < -0.4 is 0 Å². The van der Waals surface area contributed by atoms with E-state index in [4.69, 9.17) is 0 Å². The molecule has 24 heavy (non-hydrogen) atoms. The molecule has 0 atom stereocenters. The summed E-state index contributed by atoms with van der Waals surface area (Å²) in [6.07, 6.45) is 4.90. The number of carbonyl (C=O) groups excluding carboxylic acids is 1.